The molecule has 20 heavy (non-hydrogen) atoms. The van der Waals surface area contributed by atoms with Crippen LogP contribution in [0.25, 0.3) is 6.08 Å². The smallest absolute Gasteiger partial charge is 0.269 e. The van der Waals surface area contributed by atoms with Crippen molar-refractivity contribution in [2.45, 2.75) is 0 Å². The number of hydrogen-bond donors (Lipinski definition) is 0. The maximum Gasteiger partial charge on any atom is 0.269 e. The summed E-state index contributed by atoms with van der Waals surface area (Å²) in [7, 11) is 0. The molecule has 0 unspecified atom stereocenters. The van der Waals surface area contributed by atoms with E-state index in [9.17, 15) is 14.9 Å². The summed E-state index contributed by atoms with van der Waals surface area (Å²) >= 11 is 6.34. The molecule has 1 aliphatic rings. The highest BCUT2D eigenvalue weighted by Crippen LogP contribution is 2.32. The van der Waals surface area contributed by atoms with Gasteiger partial charge in [0.15, 0.2) is 0 Å². The van der Waals surface area contributed by atoms with Crippen LogP contribution in [-0.4, -0.2) is 26.6 Å². The summed E-state index contributed by atoms with van der Waals surface area (Å²) in [6.45, 7) is 3.96. The van der Waals surface area contributed by atoms with Crippen LogP contribution in [0.5, 0.6) is 0 Å². The van der Waals surface area contributed by atoms with E-state index in [1.54, 1.807) is 24.3 Å². The zero-order chi connectivity index (χ0) is 14.7. The van der Waals surface area contributed by atoms with Crippen LogP contribution in [0.2, 0.25) is 0 Å². The standard InChI is InChI=1S/C13H10N2O3S2/c1-2-7-14-12(16)11(20-13(14)19)8-9-3-5-10(6-4-9)15(17)18/h2-6,8H,1,7H2. The number of carbonyl (C=O) groups excluding carboxylic acids is 1. The van der Waals surface area contributed by atoms with Gasteiger partial charge in [0, 0.05) is 18.7 Å². The first-order chi connectivity index (χ1) is 9.52. The van der Waals surface area contributed by atoms with Crippen molar-refractivity contribution in [3.05, 3.63) is 57.5 Å². The van der Waals surface area contributed by atoms with Gasteiger partial charge in [-0.1, -0.05) is 30.1 Å². The Hall–Kier alpha value is -1.99. The zero-order valence-corrected chi connectivity index (χ0v) is 11.9. The number of nitro benzene ring substituents is 1. The van der Waals surface area contributed by atoms with Gasteiger partial charge in [-0.05, 0) is 23.8 Å². The van der Waals surface area contributed by atoms with E-state index in [-0.39, 0.29) is 11.6 Å². The van der Waals surface area contributed by atoms with Gasteiger partial charge in [-0.25, -0.2) is 0 Å². The Morgan fingerprint density at radius 3 is 2.60 bits per heavy atom. The molecule has 0 saturated carbocycles. The molecular weight excluding hydrogens is 296 g/mol. The summed E-state index contributed by atoms with van der Waals surface area (Å²) in [5.41, 5.74) is 0.732. The normalized spacial score (nSPS) is 16.8. The Morgan fingerprint density at radius 2 is 2.05 bits per heavy atom. The van der Waals surface area contributed by atoms with Crippen LogP contribution in [0.1, 0.15) is 5.56 Å². The first kappa shape index (κ1) is 14.4. The molecule has 1 fully saturated rings. The number of nitrogens with zero attached hydrogens (tertiary/aromatic N) is 2. The largest absolute Gasteiger partial charge is 0.289 e. The number of thiocarbonyl (C=S) groups is 1. The van der Waals surface area contributed by atoms with Crippen LogP contribution in [0, 0.1) is 10.1 Å². The molecule has 1 aromatic rings. The predicted molar refractivity (Wildman–Crippen MR) is 83.2 cm³/mol. The Labute approximate surface area is 125 Å². The summed E-state index contributed by atoms with van der Waals surface area (Å²) in [6.07, 6.45) is 3.28. The van der Waals surface area contributed by atoms with Crippen molar-refractivity contribution in [2.75, 3.05) is 6.54 Å². The van der Waals surface area contributed by atoms with Crippen molar-refractivity contribution in [3.63, 3.8) is 0 Å². The van der Waals surface area contributed by atoms with E-state index in [2.05, 4.69) is 6.58 Å². The molecular formula is C13H10N2O3S2. The van der Waals surface area contributed by atoms with Crippen LogP contribution in [-0.2, 0) is 4.79 Å². The first-order valence-electron chi connectivity index (χ1n) is 5.63. The third kappa shape index (κ3) is 2.94. The molecule has 0 aliphatic carbocycles. The first-order valence-corrected chi connectivity index (χ1v) is 6.86. The quantitative estimate of drug-likeness (QED) is 0.281. The minimum absolute atomic E-state index is 0.0151. The van der Waals surface area contributed by atoms with Gasteiger partial charge in [0.2, 0.25) is 0 Å². The summed E-state index contributed by atoms with van der Waals surface area (Å²) in [4.78, 5) is 24.1. The third-order valence-electron chi connectivity index (χ3n) is 2.59. The monoisotopic (exact) mass is 306 g/mol. The summed E-state index contributed by atoms with van der Waals surface area (Å²) in [6, 6.07) is 5.99. The average Bonchev–Trinajstić information content (AvgIpc) is 2.67. The van der Waals surface area contributed by atoms with Crippen LogP contribution < -0.4 is 0 Å². The van der Waals surface area contributed by atoms with Gasteiger partial charge in [-0.15, -0.1) is 6.58 Å². The second kappa shape index (κ2) is 5.98. The third-order valence-corrected chi connectivity index (χ3v) is 3.96. The molecule has 1 saturated heterocycles. The fraction of sp³-hybridized carbons (Fsp3) is 0.0769. The number of benzene rings is 1. The Balaban J connectivity index is 2.23. The maximum absolute atomic E-state index is 12.1. The molecule has 5 nitrogen and oxygen atoms in total. The lowest BCUT2D eigenvalue weighted by atomic mass is 10.2. The number of hydrogen-bond acceptors (Lipinski definition) is 5. The van der Waals surface area contributed by atoms with Crippen LogP contribution in [0.3, 0.4) is 0 Å². The van der Waals surface area contributed by atoms with E-state index in [1.807, 2.05) is 0 Å². The van der Waals surface area contributed by atoms with Crippen molar-refractivity contribution in [3.8, 4) is 0 Å². The number of carbonyl (C=O) groups is 1. The van der Waals surface area contributed by atoms with Crippen LogP contribution in [0.15, 0.2) is 41.8 Å². The van der Waals surface area contributed by atoms with Gasteiger partial charge in [-0.2, -0.15) is 0 Å². The van der Waals surface area contributed by atoms with Crippen molar-refractivity contribution in [1.29, 1.82) is 0 Å². The van der Waals surface area contributed by atoms with Gasteiger partial charge in [0.25, 0.3) is 11.6 Å². The fourth-order valence-corrected chi connectivity index (χ4v) is 2.91. The molecule has 0 N–H and O–H groups in total. The molecule has 102 valence electrons. The predicted octanol–water partition coefficient (Wildman–Crippen LogP) is 2.98. The Bertz CT molecular complexity index is 623. The van der Waals surface area contributed by atoms with Crippen molar-refractivity contribution in [2.24, 2.45) is 0 Å². The summed E-state index contributed by atoms with van der Waals surface area (Å²) in [5, 5.41) is 10.6. The maximum atomic E-state index is 12.1. The SMILES string of the molecule is C=CCN1C(=O)C(=Cc2ccc([N+](=O)[O-])cc2)SC1=S. The van der Waals surface area contributed by atoms with Crippen LogP contribution >= 0.6 is 24.0 Å². The zero-order valence-electron chi connectivity index (χ0n) is 10.3. The number of nitro groups is 1. The van der Waals surface area contributed by atoms with E-state index in [0.29, 0.717) is 15.8 Å². The molecule has 1 aliphatic heterocycles. The molecule has 1 amide bonds. The highest BCUT2D eigenvalue weighted by Gasteiger charge is 2.30. The Morgan fingerprint density at radius 1 is 1.40 bits per heavy atom. The molecule has 0 spiro atoms. The summed E-state index contributed by atoms with van der Waals surface area (Å²) in [5.74, 6) is -0.168. The minimum atomic E-state index is -0.465. The molecule has 0 aromatic heterocycles. The number of amides is 1. The lowest BCUT2D eigenvalue weighted by Crippen LogP contribution is -2.27. The number of thioether (sulfide) groups is 1. The second-order valence-corrected chi connectivity index (χ2v) is 5.61. The highest BCUT2D eigenvalue weighted by molar-refractivity contribution is 8.26. The van der Waals surface area contributed by atoms with Gasteiger partial charge < -0.3 is 0 Å². The molecule has 1 heterocycles. The number of non-ortho nitro benzene ring substituents is 1. The van der Waals surface area contributed by atoms with Crippen molar-refractivity contribution >= 4 is 46.0 Å². The average molecular weight is 306 g/mol. The molecule has 7 heteroatoms. The minimum Gasteiger partial charge on any atom is -0.289 e. The van der Waals surface area contributed by atoms with Gasteiger partial charge in [0.1, 0.15) is 4.32 Å². The number of rotatable bonds is 4. The van der Waals surface area contributed by atoms with Crippen molar-refractivity contribution < 1.29 is 9.72 Å². The van der Waals surface area contributed by atoms with Gasteiger partial charge in [-0.3, -0.25) is 19.8 Å². The topological polar surface area (TPSA) is 63.5 Å². The second-order valence-electron chi connectivity index (χ2n) is 3.93. The summed E-state index contributed by atoms with van der Waals surface area (Å²) < 4.78 is 0.489. The van der Waals surface area contributed by atoms with Gasteiger partial charge >= 0.3 is 0 Å². The molecule has 0 bridgehead atoms. The highest BCUT2D eigenvalue weighted by atomic mass is 32.2. The lowest BCUT2D eigenvalue weighted by Gasteiger charge is -2.10. The van der Waals surface area contributed by atoms with E-state index in [1.165, 1.54) is 28.8 Å². The molecule has 0 radical (unpaired) electrons. The van der Waals surface area contributed by atoms with E-state index in [0.717, 1.165) is 5.56 Å². The van der Waals surface area contributed by atoms with E-state index >= 15 is 0 Å². The van der Waals surface area contributed by atoms with E-state index < -0.39 is 4.92 Å². The molecule has 0 atom stereocenters. The van der Waals surface area contributed by atoms with Gasteiger partial charge in [0.05, 0.1) is 9.83 Å². The Kier molecular flexibility index (Phi) is 4.31. The molecule has 1 aromatic carbocycles. The van der Waals surface area contributed by atoms with Crippen LogP contribution in [0.4, 0.5) is 5.69 Å². The van der Waals surface area contributed by atoms with Crippen molar-refractivity contribution in [1.82, 2.24) is 4.90 Å². The fourth-order valence-electron chi connectivity index (χ4n) is 1.63. The van der Waals surface area contributed by atoms with E-state index in [4.69, 9.17) is 12.2 Å². The molecule has 2 rings (SSSR count). The lowest BCUT2D eigenvalue weighted by molar-refractivity contribution is -0.384.